The Kier molecular flexibility index (Phi) is 3.52. The maximum absolute atomic E-state index is 6.33. The zero-order valence-corrected chi connectivity index (χ0v) is 12.9. The number of aromatic nitrogens is 1. The third kappa shape index (κ3) is 2.45. The second-order valence-electron chi connectivity index (χ2n) is 5.67. The average molecular weight is 287 g/mol. The molecule has 20 heavy (non-hydrogen) atoms. The van der Waals surface area contributed by atoms with Gasteiger partial charge in [0.15, 0.2) is 0 Å². The molecule has 0 spiro atoms. The number of rotatable bonds is 3. The summed E-state index contributed by atoms with van der Waals surface area (Å²) in [5, 5.41) is 1.08. The van der Waals surface area contributed by atoms with E-state index in [4.69, 9.17) is 10.7 Å². The molecule has 106 valence electrons. The van der Waals surface area contributed by atoms with Crippen LogP contribution in [0.4, 0.5) is 5.69 Å². The first-order valence-electron chi connectivity index (χ1n) is 7.18. The number of thiazole rings is 1. The van der Waals surface area contributed by atoms with Crippen molar-refractivity contribution in [3.05, 3.63) is 45.9 Å². The number of fused-ring (bicyclic) bond motifs is 1. The largest absolute Gasteiger partial charge is 0.366 e. The lowest BCUT2D eigenvalue weighted by Gasteiger charge is -2.28. The third-order valence-corrected chi connectivity index (χ3v) is 5.44. The molecule has 1 aromatic heterocycles. The quantitative estimate of drug-likeness (QED) is 0.942. The predicted molar refractivity (Wildman–Crippen MR) is 85.1 cm³/mol. The van der Waals surface area contributed by atoms with E-state index in [0.717, 1.165) is 30.9 Å². The standard InChI is InChI=1S/C16H21N3S/c1-3-16(2,17)15-18-13-9-10-19(11-14(13)20-15)12-7-5-4-6-8-12/h4-8H,3,9-11,17H2,1-2H3. The number of hydrogen-bond acceptors (Lipinski definition) is 4. The molecule has 0 bridgehead atoms. The molecule has 0 radical (unpaired) electrons. The Morgan fingerprint density at radius 3 is 2.80 bits per heavy atom. The van der Waals surface area contributed by atoms with Crippen molar-refractivity contribution in [2.45, 2.75) is 38.8 Å². The molecule has 1 aromatic carbocycles. The first-order chi connectivity index (χ1) is 9.60. The summed E-state index contributed by atoms with van der Waals surface area (Å²) in [6, 6.07) is 10.6. The molecule has 4 heteroatoms. The van der Waals surface area contributed by atoms with Crippen LogP contribution < -0.4 is 10.6 Å². The molecule has 2 N–H and O–H groups in total. The van der Waals surface area contributed by atoms with Crippen molar-refractivity contribution < 1.29 is 0 Å². The smallest absolute Gasteiger partial charge is 0.113 e. The van der Waals surface area contributed by atoms with Crippen LogP contribution in [0.25, 0.3) is 0 Å². The molecule has 0 fully saturated rings. The zero-order valence-electron chi connectivity index (χ0n) is 12.1. The Balaban J connectivity index is 1.85. The molecule has 0 saturated heterocycles. The molecule has 1 unspecified atom stereocenters. The first-order valence-corrected chi connectivity index (χ1v) is 8.00. The molecule has 1 aliphatic rings. The van der Waals surface area contributed by atoms with Crippen LogP contribution in [-0.4, -0.2) is 11.5 Å². The predicted octanol–water partition coefficient (Wildman–Crippen LogP) is 3.29. The minimum absolute atomic E-state index is 0.292. The Labute approximate surface area is 124 Å². The maximum Gasteiger partial charge on any atom is 0.113 e. The second-order valence-corrected chi connectivity index (χ2v) is 6.75. The van der Waals surface area contributed by atoms with Crippen LogP contribution in [0, 0.1) is 0 Å². The SMILES string of the molecule is CCC(C)(N)c1nc2c(s1)CN(c1ccccc1)CC2. The monoisotopic (exact) mass is 287 g/mol. The highest BCUT2D eigenvalue weighted by atomic mass is 32.1. The molecule has 0 aliphatic carbocycles. The zero-order chi connectivity index (χ0) is 14.2. The summed E-state index contributed by atoms with van der Waals surface area (Å²) in [6.07, 6.45) is 1.93. The van der Waals surface area contributed by atoms with Crippen molar-refractivity contribution in [2.75, 3.05) is 11.4 Å². The summed E-state index contributed by atoms with van der Waals surface area (Å²) < 4.78 is 0. The van der Waals surface area contributed by atoms with Crippen molar-refractivity contribution in [3.8, 4) is 0 Å². The van der Waals surface area contributed by atoms with Gasteiger partial charge in [0, 0.05) is 23.5 Å². The van der Waals surface area contributed by atoms with E-state index in [1.54, 1.807) is 11.3 Å². The summed E-state index contributed by atoms with van der Waals surface area (Å²) in [6.45, 7) is 6.19. The molecule has 0 saturated carbocycles. The Morgan fingerprint density at radius 2 is 2.10 bits per heavy atom. The fourth-order valence-electron chi connectivity index (χ4n) is 2.45. The van der Waals surface area contributed by atoms with Gasteiger partial charge in [-0.2, -0.15) is 0 Å². The summed E-state index contributed by atoms with van der Waals surface area (Å²) in [5.41, 5.74) is 8.58. The van der Waals surface area contributed by atoms with Gasteiger partial charge >= 0.3 is 0 Å². The van der Waals surface area contributed by atoms with Gasteiger partial charge in [0.05, 0.1) is 17.8 Å². The van der Waals surface area contributed by atoms with E-state index >= 15 is 0 Å². The first kappa shape index (κ1) is 13.6. The van der Waals surface area contributed by atoms with Gasteiger partial charge in [-0.05, 0) is 25.5 Å². The number of hydrogen-bond donors (Lipinski definition) is 1. The van der Waals surface area contributed by atoms with Crippen molar-refractivity contribution in [1.82, 2.24) is 4.98 Å². The number of nitrogens with zero attached hydrogens (tertiary/aromatic N) is 2. The van der Waals surface area contributed by atoms with Crippen LogP contribution in [0.2, 0.25) is 0 Å². The highest BCUT2D eigenvalue weighted by Gasteiger charge is 2.27. The van der Waals surface area contributed by atoms with E-state index in [9.17, 15) is 0 Å². The van der Waals surface area contributed by atoms with Crippen LogP contribution >= 0.6 is 11.3 Å². The van der Waals surface area contributed by atoms with Crippen LogP contribution in [0.15, 0.2) is 30.3 Å². The van der Waals surface area contributed by atoms with Gasteiger partial charge in [0.2, 0.25) is 0 Å². The fourth-order valence-corrected chi connectivity index (χ4v) is 3.70. The topological polar surface area (TPSA) is 42.1 Å². The van der Waals surface area contributed by atoms with Gasteiger partial charge in [-0.1, -0.05) is 25.1 Å². The molecule has 3 rings (SSSR count). The molecule has 3 nitrogen and oxygen atoms in total. The van der Waals surface area contributed by atoms with E-state index in [2.05, 4.69) is 49.1 Å². The molecule has 1 atom stereocenters. The van der Waals surface area contributed by atoms with Crippen LogP contribution in [0.3, 0.4) is 0 Å². The van der Waals surface area contributed by atoms with Gasteiger partial charge in [-0.3, -0.25) is 0 Å². The van der Waals surface area contributed by atoms with Gasteiger partial charge in [0.1, 0.15) is 5.01 Å². The number of anilines is 1. The van der Waals surface area contributed by atoms with E-state index in [0.29, 0.717) is 0 Å². The molecule has 1 aliphatic heterocycles. The lowest BCUT2D eigenvalue weighted by molar-refractivity contribution is 0.472. The lowest BCUT2D eigenvalue weighted by Crippen LogP contribution is -2.31. The van der Waals surface area contributed by atoms with Crippen LogP contribution in [0.1, 0.15) is 35.8 Å². The summed E-state index contributed by atoms with van der Waals surface area (Å²) in [7, 11) is 0. The van der Waals surface area contributed by atoms with Gasteiger partial charge < -0.3 is 10.6 Å². The highest BCUT2D eigenvalue weighted by molar-refractivity contribution is 7.11. The van der Waals surface area contributed by atoms with Gasteiger partial charge in [-0.15, -0.1) is 11.3 Å². The van der Waals surface area contributed by atoms with E-state index in [-0.39, 0.29) is 5.54 Å². The minimum Gasteiger partial charge on any atom is -0.366 e. The second kappa shape index (κ2) is 5.19. The summed E-state index contributed by atoms with van der Waals surface area (Å²) >= 11 is 1.79. The van der Waals surface area contributed by atoms with E-state index in [1.165, 1.54) is 16.3 Å². The van der Waals surface area contributed by atoms with Crippen LogP contribution in [0.5, 0.6) is 0 Å². The Bertz CT molecular complexity index is 589. The third-order valence-electron chi connectivity index (χ3n) is 4.08. The Hall–Kier alpha value is -1.39. The van der Waals surface area contributed by atoms with Gasteiger partial charge in [0.25, 0.3) is 0 Å². The van der Waals surface area contributed by atoms with Crippen molar-refractivity contribution in [2.24, 2.45) is 5.73 Å². The summed E-state index contributed by atoms with van der Waals surface area (Å²) in [5.74, 6) is 0. The normalized spacial score (nSPS) is 17.6. The minimum atomic E-state index is -0.292. The Morgan fingerprint density at radius 1 is 1.35 bits per heavy atom. The molecule has 2 heterocycles. The summed E-state index contributed by atoms with van der Waals surface area (Å²) in [4.78, 5) is 8.58. The number of nitrogens with two attached hydrogens (primary N) is 1. The lowest BCUT2D eigenvalue weighted by atomic mass is 10.0. The fraction of sp³-hybridized carbons (Fsp3) is 0.438. The molecular weight excluding hydrogens is 266 g/mol. The average Bonchev–Trinajstić information content (AvgIpc) is 2.92. The van der Waals surface area contributed by atoms with Crippen LogP contribution in [-0.2, 0) is 18.5 Å². The molecular formula is C16H21N3S. The highest BCUT2D eigenvalue weighted by Crippen LogP contribution is 2.33. The number of para-hydroxylation sites is 1. The van der Waals surface area contributed by atoms with Crippen molar-refractivity contribution in [3.63, 3.8) is 0 Å². The maximum atomic E-state index is 6.33. The number of benzene rings is 1. The van der Waals surface area contributed by atoms with Crippen molar-refractivity contribution >= 4 is 17.0 Å². The van der Waals surface area contributed by atoms with E-state index in [1.807, 2.05) is 0 Å². The van der Waals surface area contributed by atoms with Crippen molar-refractivity contribution in [1.29, 1.82) is 0 Å². The molecule has 0 amide bonds. The van der Waals surface area contributed by atoms with Gasteiger partial charge in [-0.25, -0.2) is 4.98 Å². The van der Waals surface area contributed by atoms with E-state index < -0.39 is 0 Å². The molecule has 2 aromatic rings.